The van der Waals surface area contributed by atoms with Crippen molar-refractivity contribution in [2.75, 3.05) is 20.2 Å². The van der Waals surface area contributed by atoms with Gasteiger partial charge in [0.1, 0.15) is 0 Å². The van der Waals surface area contributed by atoms with E-state index in [2.05, 4.69) is 15.6 Å². The molecule has 0 bridgehead atoms. The van der Waals surface area contributed by atoms with Gasteiger partial charge in [-0.25, -0.2) is 4.98 Å². The highest BCUT2D eigenvalue weighted by atomic mass is 16.5. The van der Waals surface area contributed by atoms with E-state index >= 15 is 0 Å². The van der Waals surface area contributed by atoms with Crippen molar-refractivity contribution in [3.8, 4) is 5.88 Å². The SMILES string of the molecule is COc1ccc(CNCC(=O)NCC2CC2)cn1. The Morgan fingerprint density at radius 3 is 2.94 bits per heavy atom. The van der Waals surface area contributed by atoms with Gasteiger partial charge in [-0.15, -0.1) is 0 Å². The van der Waals surface area contributed by atoms with Crippen LogP contribution in [0.15, 0.2) is 18.3 Å². The molecule has 18 heavy (non-hydrogen) atoms. The first-order chi connectivity index (χ1) is 8.78. The molecule has 0 atom stereocenters. The molecule has 1 aliphatic carbocycles. The van der Waals surface area contributed by atoms with E-state index in [-0.39, 0.29) is 5.91 Å². The largest absolute Gasteiger partial charge is 0.481 e. The molecule has 5 heteroatoms. The Morgan fingerprint density at radius 1 is 1.50 bits per heavy atom. The van der Waals surface area contributed by atoms with Gasteiger partial charge in [0, 0.05) is 25.4 Å². The molecule has 0 aromatic carbocycles. The van der Waals surface area contributed by atoms with Crippen molar-refractivity contribution in [1.82, 2.24) is 15.6 Å². The van der Waals surface area contributed by atoms with Crippen LogP contribution in [0.3, 0.4) is 0 Å². The van der Waals surface area contributed by atoms with Gasteiger partial charge in [0.25, 0.3) is 0 Å². The lowest BCUT2D eigenvalue weighted by molar-refractivity contribution is -0.120. The molecular weight excluding hydrogens is 230 g/mol. The summed E-state index contributed by atoms with van der Waals surface area (Å²) in [6, 6.07) is 3.74. The first kappa shape index (κ1) is 12.8. The van der Waals surface area contributed by atoms with Gasteiger partial charge in [-0.05, 0) is 24.3 Å². The lowest BCUT2D eigenvalue weighted by Gasteiger charge is -2.06. The molecule has 5 nitrogen and oxygen atoms in total. The van der Waals surface area contributed by atoms with Gasteiger partial charge >= 0.3 is 0 Å². The van der Waals surface area contributed by atoms with Crippen LogP contribution in [0.1, 0.15) is 18.4 Å². The number of nitrogens with one attached hydrogen (secondary N) is 2. The summed E-state index contributed by atoms with van der Waals surface area (Å²) in [4.78, 5) is 15.6. The summed E-state index contributed by atoms with van der Waals surface area (Å²) in [5.74, 6) is 1.38. The summed E-state index contributed by atoms with van der Waals surface area (Å²) >= 11 is 0. The summed E-state index contributed by atoms with van der Waals surface area (Å²) < 4.78 is 4.98. The van der Waals surface area contributed by atoms with Gasteiger partial charge in [0.05, 0.1) is 13.7 Å². The number of pyridine rings is 1. The standard InChI is InChI=1S/C13H19N3O2/c1-18-13-5-4-11(8-16-13)6-14-9-12(17)15-7-10-2-3-10/h4-5,8,10,14H,2-3,6-7,9H2,1H3,(H,15,17). The second-order valence-corrected chi connectivity index (χ2v) is 4.56. The van der Waals surface area contributed by atoms with Crippen molar-refractivity contribution in [2.45, 2.75) is 19.4 Å². The number of methoxy groups -OCH3 is 1. The fraction of sp³-hybridized carbons (Fsp3) is 0.538. The first-order valence-corrected chi connectivity index (χ1v) is 6.24. The van der Waals surface area contributed by atoms with Gasteiger partial charge in [0.2, 0.25) is 11.8 Å². The fourth-order valence-electron chi connectivity index (χ4n) is 1.60. The minimum absolute atomic E-state index is 0.0587. The Hall–Kier alpha value is -1.62. The maximum Gasteiger partial charge on any atom is 0.233 e. The van der Waals surface area contributed by atoms with Crippen molar-refractivity contribution in [3.05, 3.63) is 23.9 Å². The molecule has 1 aromatic heterocycles. The third-order valence-corrected chi connectivity index (χ3v) is 2.91. The molecule has 1 fully saturated rings. The van der Waals surface area contributed by atoms with Gasteiger partial charge in [0.15, 0.2) is 0 Å². The smallest absolute Gasteiger partial charge is 0.233 e. The Labute approximate surface area is 107 Å². The number of aromatic nitrogens is 1. The average Bonchev–Trinajstić information content (AvgIpc) is 3.21. The molecule has 1 heterocycles. The zero-order chi connectivity index (χ0) is 12.8. The molecular formula is C13H19N3O2. The zero-order valence-electron chi connectivity index (χ0n) is 10.6. The topological polar surface area (TPSA) is 63.2 Å². The lowest BCUT2D eigenvalue weighted by atomic mass is 10.3. The average molecular weight is 249 g/mol. The second kappa shape index (κ2) is 6.35. The van der Waals surface area contributed by atoms with Crippen LogP contribution < -0.4 is 15.4 Å². The molecule has 1 saturated carbocycles. The number of amides is 1. The van der Waals surface area contributed by atoms with Gasteiger partial charge in [-0.1, -0.05) is 6.07 Å². The number of carbonyl (C=O) groups is 1. The summed E-state index contributed by atoms with van der Waals surface area (Å²) in [6.45, 7) is 1.80. The molecule has 1 amide bonds. The van der Waals surface area contributed by atoms with E-state index in [4.69, 9.17) is 4.74 Å². The number of carbonyl (C=O) groups excluding carboxylic acids is 1. The molecule has 0 unspecified atom stereocenters. The number of ether oxygens (including phenoxy) is 1. The molecule has 98 valence electrons. The lowest BCUT2D eigenvalue weighted by Crippen LogP contribution is -2.34. The molecule has 2 N–H and O–H groups in total. The van der Waals surface area contributed by atoms with Crippen molar-refractivity contribution >= 4 is 5.91 Å². The quantitative estimate of drug-likeness (QED) is 0.747. The van der Waals surface area contributed by atoms with Gasteiger partial charge in [-0.2, -0.15) is 0 Å². The van der Waals surface area contributed by atoms with Crippen LogP contribution in [0.4, 0.5) is 0 Å². The minimum atomic E-state index is 0.0587. The molecule has 0 spiro atoms. The molecule has 0 saturated heterocycles. The predicted molar refractivity (Wildman–Crippen MR) is 68.2 cm³/mol. The van der Waals surface area contributed by atoms with E-state index in [9.17, 15) is 4.79 Å². The summed E-state index contributed by atoms with van der Waals surface area (Å²) in [7, 11) is 1.59. The normalized spacial score (nSPS) is 14.3. The van der Waals surface area contributed by atoms with Crippen LogP contribution in [0.2, 0.25) is 0 Å². The Morgan fingerprint density at radius 2 is 2.33 bits per heavy atom. The molecule has 0 radical (unpaired) electrons. The highest BCUT2D eigenvalue weighted by Crippen LogP contribution is 2.27. The zero-order valence-corrected chi connectivity index (χ0v) is 10.6. The number of rotatable bonds is 7. The molecule has 2 rings (SSSR count). The minimum Gasteiger partial charge on any atom is -0.481 e. The van der Waals surface area contributed by atoms with E-state index in [1.54, 1.807) is 13.3 Å². The summed E-state index contributed by atoms with van der Waals surface area (Å²) in [5, 5.41) is 6.00. The number of nitrogens with zero attached hydrogens (tertiary/aromatic N) is 1. The fourth-order valence-corrected chi connectivity index (χ4v) is 1.60. The molecule has 1 aliphatic rings. The Bertz CT molecular complexity index is 388. The summed E-state index contributed by atoms with van der Waals surface area (Å²) in [5.41, 5.74) is 1.03. The van der Waals surface area contributed by atoms with Gasteiger partial charge in [-0.3, -0.25) is 4.79 Å². The maximum absolute atomic E-state index is 11.5. The predicted octanol–water partition coefficient (Wildman–Crippen LogP) is 0.706. The highest BCUT2D eigenvalue weighted by molar-refractivity contribution is 5.77. The van der Waals surface area contributed by atoms with Crippen LogP contribution in [0, 0.1) is 5.92 Å². The maximum atomic E-state index is 11.5. The first-order valence-electron chi connectivity index (χ1n) is 6.24. The van der Waals surface area contributed by atoms with Crippen molar-refractivity contribution in [2.24, 2.45) is 5.92 Å². The van der Waals surface area contributed by atoms with Crippen molar-refractivity contribution in [3.63, 3.8) is 0 Å². The van der Waals surface area contributed by atoms with E-state index in [1.165, 1.54) is 12.8 Å². The van der Waals surface area contributed by atoms with Crippen LogP contribution in [0.25, 0.3) is 0 Å². The van der Waals surface area contributed by atoms with E-state index in [0.29, 0.717) is 19.0 Å². The molecule has 1 aromatic rings. The van der Waals surface area contributed by atoms with Crippen molar-refractivity contribution < 1.29 is 9.53 Å². The summed E-state index contributed by atoms with van der Waals surface area (Å²) in [6.07, 6.45) is 4.25. The number of hydrogen-bond donors (Lipinski definition) is 2. The number of hydrogen-bond acceptors (Lipinski definition) is 4. The second-order valence-electron chi connectivity index (χ2n) is 4.56. The van der Waals surface area contributed by atoms with Gasteiger partial charge < -0.3 is 15.4 Å². The highest BCUT2D eigenvalue weighted by Gasteiger charge is 2.21. The van der Waals surface area contributed by atoms with Crippen LogP contribution in [-0.2, 0) is 11.3 Å². The van der Waals surface area contributed by atoms with E-state index in [1.807, 2.05) is 12.1 Å². The van der Waals surface area contributed by atoms with E-state index in [0.717, 1.165) is 18.0 Å². The van der Waals surface area contributed by atoms with Crippen molar-refractivity contribution in [1.29, 1.82) is 0 Å². The third kappa shape index (κ3) is 4.33. The van der Waals surface area contributed by atoms with Crippen LogP contribution >= 0.6 is 0 Å². The van der Waals surface area contributed by atoms with E-state index < -0.39 is 0 Å². The third-order valence-electron chi connectivity index (χ3n) is 2.91. The van der Waals surface area contributed by atoms with Crippen LogP contribution in [-0.4, -0.2) is 31.1 Å². The monoisotopic (exact) mass is 249 g/mol. The molecule has 0 aliphatic heterocycles. The Kier molecular flexibility index (Phi) is 4.52. The van der Waals surface area contributed by atoms with Crippen LogP contribution in [0.5, 0.6) is 5.88 Å². The Balaban J connectivity index is 1.62.